The molecule has 0 amide bonds. The van der Waals surface area contributed by atoms with Gasteiger partial charge in [-0.25, -0.2) is 4.79 Å². The number of aromatic amines is 1. The van der Waals surface area contributed by atoms with Crippen LogP contribution in [0.25, 0.3) is 11.1 Å². The van der Waals surface area contributed by atoms with Gasteiger partial charge in [0.1, 0.15) is 0 Å². The number of nitrogens with zero attached hydrogens (tertiary/aromatic N) is 1. The molecule has 4 heteroatoms. The highest BCUT2D eigenvalue weighted by molar-refractivity contribution is 5.91. The SMILES string of the molecule is COC(=O)c1cccc(-c2cn[nH]c2C)c1. The van der Waals surface area contributed by atoms with E-state index in [2.05, 4.69) is 14.9 Å². The summed E-state index contributed by atoms with van der Waals surface area (Å²) in [7, 11) is 1.37. The van der Waals surface area contributed by atoms with Gasteiger partial charge < -0.3 is 4.74 Å². The Morgan fingerprint density at radius 2 is 2.25 bits per heavy atom. The van der Waals surface area contributed by atoms with Gasteiger partial charge in [-0.05, 0) is 24.6 Å². The van der Waals surface area contributed by atoms with Crippen LogP contribution in [0.4, 0.5) is 0 Å². The number of aromatic nitrogens is 2. The Morgan fingerprint density at radius 1 is 1.44 bits per heavy atom. The Balaban J connectivity index is 2.44. The Bertz CT molecular complexity index is 517. The molecule has 0 bridgehead atoms. The summed E-state index contributed by atoms with van der Waals surface area (Å²) in [6.07, 6.45) is 1.74. The summed E-state index contributed by atoms with van der Waals surface area (Å²) in [5, 5.41) is 6.82. The molecule has 16 heavy (non-hydrogen) atoms. The van der Waals surface area contributed by atoms with E-state index < -0.39 is 0 Å². The number of nitrogens with one attached hydrogen (secondary N) is 1. The maximum atomic E-state index is 11.4. The Hall–Kier alpha value is -2.10. The predicted octanol–water partition coefficient (Wildman–Crippen LogP) is 2.17. The number of esters is 1. The molecular formula is C12H12N2O2. The summed E-state index contributed by atoms with van der Waals surface area (Å²) < 4.78 is 4.68. The van der Waals surface area contributed by atoms with Gasteiger partial charge in [-0.15, -0.1) is 0 Å². The lowest BCUT2D eigenvalue weighted by Crippen LogP contribution is -2.00. The largest absolute Gasteiger partial charge is 0.465 e. The highest BCUT2D eigenvalue weighted by atomic mass is 16.5. The van der Waals surface area contributed by atoms with Crippen molar-refractivity contribution in [3.8, 4) is 11.1 Å². The van der Waals surface area contributed by atoms with Crippen LogP contribution in [-0.2, 0) is 4.74 Å². The van der Waals surface area contributed by atoms with E-state index in [0.29, 0.717) is 5.56 Å². The fraction of sp³-hybridized carbons (Fsp3) is 0.167. The van der Waals surface area contributed by atoms with E-state index in [4.69, 9.17) is 0 Å². The molecule has 0 unspecified atom stereocenters. The number of carbonyl (C=O) groups excluding carboxylic acids is 1. The van der Waals surface area contributed by atoms with Gasteiger partial charge in [-0.3, -0.25) is 5.10 Å². The van der Waals surface area contributed by atoms with E-state index in [9.17, 15) is 4.79 Å². The van der Waals surface area contributed by atoms with Gasteiger partial charge >= 0.3 is 5.97 Å². The summed E-state index contributed by atoms with van der Waals surface area (Å²) >= 11 is 0. The molecule has 1 N–H and O–H groups in total. The first-order valence-electron chi connectivity index (χ1n) is 4.91. The Morgan fingerprint density at radius 3 is 2.88 bits per heavy atom. The predicted molar refractivity (Wildman–Crippen MR) is 60.1 cm³/mol. The third-order valence-corrected chi connectivity index (χ3v) is 2.42. The number of H-pyrrole nitrogens is 1. The van der Waals surface area contributed by atoms with Gasteiger partial charge in [-0.2, -0.15) is 5.10 Å². The first-order valence-corrected chi connectivity index (χ1v) is 4.91. The lowest BCUT2D eigenvalue weighted by molar-refractivity contribution is 0.0601. The van der Waals surface area contributed by atoms with E-state index in [1.807, 2.05) is 19.1 Å². The first-order chi connectivity index (χ1) is 7.72. The van der Waals surface area contributed by atoms with Crippen molar-refractivity contribution < 1.29 is 9.53 Å². The zero-order valence-corrected chi connectivity index (χ0v) is 9.15. The second-order valence-corrected chi connectivity index (χ2v) is 3.48. The van der Waals surface area contributed by atoms with Gasteiger partial charge in [-0.1, -0.05) is 12.1 Å². The van der Waals surface area contributed by atoms with Crippen molar-refractivity contribution in [2.24, 2.45) is 0 Å². The summed E-state index contributed by atoms with van der Waals surface area (Å²) in [6, 6.07) is 7.28. The summed E-state index contributed by atoms with van der Waals surface area (Å²) in [6.45, 7) is 1.94. The lowest BCUT2D eigenvalue weighted by atomic mass is 10.0. The molecule has 0 fully saturated rings. The van der Waals surface area contributed by atoms with Crippen molar-refractivity contribution in [2.75, 3.05) is 7.11 Å². The van der Waals surface area contributed by atoms with Gasteiger partial charge in [0.05, 0.1) is 18.9 Å². The van der Waals surface area contributed by atoms with Crippen LogP contribution in [0.3, 0.4) is 0 Å². The topological polar surface area (TPSA) is 55.0 Å². The number of carbonyl (C=O) groups is 1. The highest BCUT2D eigenvalue weighted by Crippen LogP contribution is 2.22. The molecule has 1 aromatic heterocycles. The average molecular weight is 216 g/mol. The van der Waals surface area contributed by atoms with Crippen LogP contribution in [-0.4, -0.2) is 23.3 Å². The van der Waals surface area contributed by atoms with E-state index >= 15 is 0 Å². The second-order valence-electron chi connectivity index (χ2n) is 3.48. The minimum atomic E-state index is -0.331. The molecule has 4 nitrogen and oxygen atoms in total. The molecule has 82 valence electrons. The van der Waals surface area contributed by atoms with Gasteiger partial charge in [0.2, 0.25) is 0 Å². The number of methoxy groups -OCH3 is 1. The van der Waals surface area contributed by atoms with Crippen molar-refractivity contribution >= 4 is 5.97 Å². The Kier molecular flexibility index (Phi) is 2.72. The number of ether oxygens (including phenoxy) is 1. The van der Waals surface area contributed by atoms with E-state index in [0.717, 1.165) is 16.8 Å². The van der Waals surface area contributed by atoms with Crippen LogP contribution in [0.5, 0.6) is 0 Å². The molecule has 2 rings (SSSR count). The minimum absolute atomic E-state index is 0.331. The molecule has 2 aromatic rings. The Labute approximate surface area is 93.3 Å². The van der Waals surface area contributed by atoms with Crippen LogP contribution in [0.15, 0.2) is 30.5 Å². The normalized spacial score (nSPS) is 10.1. The molecule has 0 aliphatic carbocycles. The molecule has 0 aliphatic rings. The molecular weight excluding hydrogens is 204 g/mol. The van der Waals surface area contributed by atoms with E-state index in [1.54, 1.807) is 18.3 Å². The third-order valence-electron chi connectivity index (χ3n) is 2.42. The van der Waals surface area contributed by atoms with Crippen molar-refractivity contribution in [1.82, 2.24) is 10.2 Å². The lowest BCUT2D eigenvalue weighted by Gasteiger charge is -2.02. The monoisotopic (exact) mass is 216 g/mol. The van der Waals surface area contributed by atoms with E-state index in [1.165, 1.54) is 7.11 Å². The van der Waals surface area contributed by atoms with Crippen LogP contribution in [0.2, 0.25) is 0 Å². The molecule has 1 aromatic carbocycles. The van der Waals surface area contributed by atoms with Crippen LogP contribution >= 0.6 is 0 Å². The van der Waals surface area contributed by atoms with Gasteiger partial charge in [0, 0.05) is 11.3 Å². The van der Waals surface area contributed by atoms with E-state index in [-0.39, 0.29) is 5.97 Å². The third kappa shape index (κ3) is 1.82. The van der Waals surface area contributed by atoms with Crippen LogP contribution < -0.4 is 0 Å². The molecule has 0 atom stereocenters. The maximum Gasteiger partial charge on any atom is 0.337 e. The zero-order chi connectivity index (χ0) is 11.5. The molecule has 0 aliphatic heterocycles. The standard InChI is InChI=1S/C12H12N2O2/c1-8-11(7-13-14-8)9-4-3-5-10(6-9)12(15)16-2/h3-7H,1-2H3,(H,13,14). The van der Waals surface area contributed by atoms with Crippen molar-refractivity contribution in [3.63, 3.8) is 0 Å². The van der Waals surface area contributed by atoms with Crippen LogP contribution in [0.1, 0.15) is 16.1 Å². The summed E-state index contributed by atoms with van der Waals surface area (Å²) in [5.74, 6) is -0.331. The molecule has 1 heterocycles. The van der Waals surface area contributed by atoms with Gasteiger partial charge in [0.25, 0.3) is 0 Å². The number of rotatable bonds is 2. The molecule has 0 saturated heterocycles. The molecule has 0 saturated carbocycles. The minimum Gasteiger partial charge on any atom is -0.465 e. The average Bonchev–Trinajstić information content (AvgIpc) is 2.74. The van der Waals surface area contributed by atoms with Gasteiger partial charge in [0.15, 0.2) is 0 Å². The van der Waals surface area contributed by atoms with Crippen molar-refractivity contribution in [1.29, 1.82) is 0 Å². The first kappa shape index (κ1) is 10.4. The number of hydrogen-bond acceptors (Lipinski definition) is 3. The smallest absolute Gasteiger partial charge is 0.337 e. The molecule has 0 spiro atoms. The number of benzene rings is 1. The van der Waals surface area contributed by atoms with Crippen LogP contribution in [0, 0.1) is 6.92 Å². The fourth-order valence-electron chi connectivity index (χ4n) is 1.57. The second kappa shape index (κ2) is 4.18. The molecule has 0 radical (unpaired) electrons. The fourth-order valence-corrected chi connectivity index (χ4v) is 1.57. The highest BCUT2D eigenvalue weighted by Gasteiger charge is 2.08. The number of hydrogen-bond donors (Lipinski definition) is 1. The summed E-state index contributed by atoms with van der Waals surface area (Å²) in [5.41, 5.74) is 3.46. The van der Waals surface area contributed by atoms with Crippen molar-refractivity contribution in [3.05, 3.63) is 41.7 Å². The summed E-state index contributed by atoms with van der Waals surface area (Å²) in [4.78, 5) is 11.4. The van der Waals surface area contributed by atoms with Crippen molar-refractivity contribution in [2.45, 2.75) is 6.92 Å². The quantitative estimate of drug-likeness (QED) is 0.783. The zero-order valence-electron chi connectivity index (χ0n) is 9.15. The number of aryl methyl sites for hydroxylation is 1. The maximum absolute atomic E-state index is 11.4.